The molecule has 144 valence electrons. The number of ether oxygens (including phenoxy) is 1. The molecule has 27 heavy (non-hydrogen) atoms. The standard InChI is InChI=1S/C17H18FN3O5S/c1-26-12-2-3-13(14(18)8-12)15-4-5-17(23)21(20-15)9-16(22)19-11-6-7-27(24,25)10-11/h2-5,8,11H,6-7,9-10H2,1H3,(H,19,22)/t11-/m1/s1. The molecule has 0 bridgehead atoms. The van der Waals surface area contributed by atoms with Crippen LogP contribution in [-0.2, 0) is 21.2 Å². The molecule has 0 saturated carbocycles. The third-order valence-electron chi connectivity index (χ3n) is 4.21. The molecule has 0 aliphatic carbocycles. The lowest BCUT2D eigenvalue weighted by Crippen LogP contribution is -2.40. The van der Waals surface area contributed by atoms with Crippen molar-refractivity contribution in [2.45, 2.75) is 19.0 Å². The summed E-state index contributed by atoms with van der Waals surface area (Å²) >= 11 is 0. The van der Waals surface area contributed by atoms with Gasteiger partial charge in [0.2, 0.25) is 5.91 Å². The number of hydrogen-bond donors (Lipinski definition) is 1. The Morgan fingerprint density at radius 3 is 2.78 bits per heavy atom. The topological polar surface area (TPSA) is 107 Å². The number of nitrogens with one attached hydrogen (secondary N) is 1. The van der Waals surface area contributed by atoms with E-state index in [1.54, 1.807) is 6.07 Å². The van der Waals surface area contributed by atoms with Crippen LogP contribution in [0.25, 0.3) is 11.3 Å². The van der Waals surface area contributed by atoms with Crippen molar-refractivity contribution in [2.24, 2.45) is 0 Å². The van der Waals surface area contributed by atoms with Crippen molar-refractivity contribution >= 4 is 15.7 Å². The summed E-state index contributed by atoms with van der Waals surface area (Å²) in [4.78, 5) is 24.1. The first kappa shape index (κ1) is 19.0. The summed E-state index contributed by atoms with van der Waals surface area (Å²) in [6.07, 6.45) is 0.341. The average molecular weight is 395 g/mol. The van der Waals surface area contributed by atoms with Crippen LogP contribution < -0.4 is 15.6 Å². The van der Waals surface area contributed by atoms with E-state index in [0.717, 1.165) is 4.68 Å². The lowest BCUT2D eigenvalue weighted by atomic mass is 10.1. The van der Waals surface area contributed by atoms with Crippen LogP contribution >= 0.6 is 0 Å². The summed E-state index contributed by atoms with van der Waals surface area (Å²) in [6, 6.07) is 6.31. The van der Waals surface area contributed by atoms with Gasteiger partial charge in [0.05, 0.1) is 24.3 Å². The number of amides is 1. The maximum absolute atomic E-state index is 14.2. The number of halogens is 1. The molecule has 8 nitrogen and oxygen atoms in total. The SMILES string of the molecule is COc1ccc(-c2ccc(=O)n(CC(=O)N[C@@H]3CCS(=O)(=O)C3)n2)c(F)c1. The highest BCUT2D eigenvalue weighted by atomic mass is 32.2. The Hall–Kier alpha value is -2.75. The van der Waals surface area contributed by atoms with Gasteiger partial charge < -0.3 is 10.1 Å². The second kappa shape index (κ2) is 7.47. The molecule has 0 unspecified atom stereocenters. The second-order valence-electron chi connectivity index (χ2n) is 6.23. The molecule has 1 aromatic carbocycles. The molecule has 1 aliphatic rings. The molecule has 2 aromatic rings. The van der Waals surface area contributed by atoms with Gasteiger partial charge in [-0.3, -0.25) is 9.59 Å². The molecular weight excluding hydrogens is 377 g/mol. The van der Waals surface area contributed by atoms with Crippen LogP contribution in [0.2, 0.25) is 0 Å². The molecular formula is C17H18FN3O5S. The fourth-order valence-electron chi connectivity index (χ4n) is 2.85. The van der Waals surface area contributed by atoms with E-state index in [1.807, 2.05) is 0 Å². The first-order valence-corrected chi connectivity index (χ1v) is 10.0. The number of rotatable bonds is 5. The molecule has 1 saturated heterocycles. The minimum atomic E-state index is -3.13. The van der Waals surface area contributed by atoms with Crippen molar-refractivity contribution in [1.82, 2.24) is 15.1 Å². The zero-order valence-electron chi connectivity index (χ0n) is 14.5. The Bertz CT molecular complexity index is 1040. The number of aromatic nitrogens is 2. The van der Waals surface area contributed by atoms with Gasteiger partial charge in [-0.05, 0) is 24.6 Å². The van der Waals surface area contributed by atoms with E-state index in [1.165, 1.54) is 31.4 Å². The summed E-state index contributed by atoms with van der Waals surface area (Å²) in [5.41, 5.74) is -0.181. The number of carbonyl (C=O) groups is 1. The van der Waals surface area contributed by atoms with Crippen LogP contribution in [0.15, 0.2) is 35.1 Å². The van der Waals surface area contributed by atoms with Crippen LogP contribution in [0.3, 0.4) is 0 Å². The van der Waals surface area contributed by atoms with E-state index in [-0.39, 0.29) is 29.3 Å². The minimum Gasteiger partial charge on any atom is -0.497 e. The molecule has 1 atom stereocenters. The minimum absolute atomic E-state index is 0.0301. The number of carbonyl (C=O) groups excluding carboxylic acids is 1. The molecule has 1 fully saturated rings. The maximum atomic E-state index is 14.2. The monoisotopic (exact) mass is 395 g/mol. The number of hydrogen-bond acceptors (Lipinski definition) is 6. The largest absolute Gasteiger partial charge is 0.497 e. The van der Waals surface area contributed by atoms with Crippen LogP contribution in [0, 0.1) is 5.82 Å². The first-order chi connectivity index (χ1) is 12.8. The lowest BCUT2D eigenvalue weighted by molar-refractivity contribution is -0.122. The van der Waals surface area contributed by atoms with Crippen LogP contribution in [0.4, 0.5) is 4.39 Å². The Labute approximate surface area is 154 Å². The zero-order valence-corrected chi connectivity index (χ0v) is 15.3. The van der Waals surface area contributed by atoms with Gasteiger partial charge in [0.15, 0.2) is 9.84 Å². The van der Waals surface area contributed by atoms with Crippen molar-refractivity contribution < 1.29 is 22.3 Å². The third kappa shape index (κ3) is 4.51. The van der Waals surface area contributed by atoms with E-state index in [0.29, 0.717) is 12.2 Å². The predicted molar refractivity (Wildman–Crippen MR) is 95.6 cm³/mol. The van der Waals surface area contributed by atoms with Gasteiger partial charge in [-0.1, -0.05) is 0 Å². The maximum Gasteiger partial charge on any atom is 0.267 e. The van der Waals surface area contributed by atoms with Gasteiger partial charge in [0.25, 0.3) is 5.56 Å². The van der Waals surface area contributed by atoms with Crippen LogP contribution in [0.5, 0.6) is 5.75 Å². The molecule has 10 heteroatoms. The molecule has 1 aliphatic heterocycles. The summed E-state index contributed by atoms with van der Waals surface area (Å²) in [5.74, 6) is -0.845. The molecule has 3 rings (SSSR count). The van der Waals surface area contributed by atoms with E-state index in [2.05, 4.69) is 10.4 Å². The summed E-state index contributed by atoms with van der Waals surface area (Å²) in [7, 11) is -1.71. The normalized spacial score (nSPS) is 18.2. The van der Waals surface area contributed by atoms with Crippen molar-refractivity contribution in [3.8, 4) is 17.0 Å². The Kier molecular flexibility index (Phi) is 5.26. The number of sulfone groups is 1. The Balaban J connectivity index is 1.78. The molecule has 0 spiro atoms. The lowest BCUT2D eigenvalue weighted by Gasteiger charge is -2.12. The Morgan fingerprint density at radius 2 is 2.15 bits per heavy atom. The number of nitrogens with zero attached hydrogens (tertiary/aromatic N) is 2. The van der Waals surface area contributed by atoms with E-state index >= 15 is 0 Å². The first-order valence-electron chi connectivity index (χ1n) is 8.19. The summed E-state index contributed by atoms with van der Waals surface area (Å²) in [5, 5.41) is 6.63. The van der Waals surface area contributed by atoms with Crippen molar-refractivity contribution in [1.29, 1.82) is 0 Å². The van der Waals surface area contributed by atoms with Gasteiger partial charge in [0.1, 0.15) is 18.1 Å². The number of methoxy groups -OCH3 is 1. The van der Waals surface area contributed by atoms with Crippen molar-refractivity contribution in [3.63, 3.8) is 0 Å². The van der Waals surface area contributed by atoms with E-state index < -0.39 is 33.2 Å². The Morgan fingerprint density at radius 1 is 1.37 bits per heavy atom. The highest BCUT2D eigenvalue weighted by molar-refractivity contribution is 7.91. The molecule has 1 aromatic heterocycles. The summed E-state index contributed by atoms with van der Waals surface area (Å²) < 4.78 is 43.0. The molecule has 1 N–H and O–H groups in total. The fraction of sp³-hybridized carbons (Fsp3) is 0.353. The van der Waals surface area contributed by atoms with E-state index in [4.69, 9.17) is 4.74 Å². The molecule has 2 heterocycles. The van der Waals surface area contributed by atoms with Crippen LogP contribution in [-0.4, -0.2) is 48.8 Å². The zero-order chi connectivity index (χ0) is 19.6. The van der Waals surface area contributed by atoms with Crippen molar-refractivity contribution in [2.75, 3.05) is 18.6 Å². The smallest absolute Gasteiger partial charge is 0.267 e. The van der Waals surface area contributed by atoms with Gasteiger partial charge in [-0.25, -0.2) is 17.5 Å². The number of benzene rings is 1. The van der Waals surface area contributed by atoms with Gasteiger partial charge in [-0.2, -0.15) is 5.10 Å². The van der Waals surface area contributed by atoms with Crippen molar-refractivity contribution in [3.05, 3.63) is 46.5 Å². The highest BCUT2D eigenvalue weighted by Gasteiger charge is 2.29. The van der Waals surface area contributed by atoms with Gasteiger partial charge >= 0.3 is 0 Å². The van der Waals surface area contributed by atoms with Gasteiger partial charge in [0, 0.05) is 23.7 Å². The van der Waals surface area contributed by atoms with Crippen LogP contribution in [0.1, 0.15) is 6.42 Å². The summed E-state index contributed by atoms with van der Waals surface area (Å²) in [6.45, 7) is -0.388. The predicted octanol–water partition coefficient (Wildman–Crippen LogP) is 0.361. The van der Waals surface area contributed by atoms with Gasteiger partial charge in [-0.15, -0.1) is 0 Å². The highest BCUT2D eigenvalue weighted by Crippen LogP contribution is 2.24. The quantitative estimate of drug-likeness (QED) is 0.783. The second-order valence-corrected chi connectivity index (χ2v) is 8.46. The van der Waals surface area contributed by atoms with E-state index in [9.17, 15) is 22.4 Å². The fourth-order valence-corrected chi connectivity index (χ4v) is 4.53. The molecule has 1 amide bonds. The molecule has 0 radical (unpaired) electrons. The average Bonchev–Trinajstić information content (AvgIpc) is 2.95. The third-order valence-corrected chi connectivity index (χ3v) is 5.98.